The molecule has 2 aliphatic rings. The van der Waals surface area contributed by atoms with Gasteiger partial charge in [0.2, 0.25) is 0 Å². The van der Waals surface area contributed by atoms with Crippen LogP contribution in [-0.2, 0) is 20.9 Å². The number of unbranched alkanes of at least 4 members (excludes halogenated alkanes) is 3. The van der Waals surface area contributed by atoms with Gasteiger partial charge in [-0.25, -0.2) is 0 Å². The van der Waals surface area contributed by atoms with Crippen LogP contribution in [-0.4, -0.2) is 6.65 Å². The Kier molecular flexibility index (Phi) is 16.2. The van der Waals surface area contributed by atoms with E-state index in [1.54, 1.807) is 39.0 Å². The third-order valence-electron chi connectivity index (χ3n) is 7.68. The van der Waals surface area contributed by atoms with Crippen molar-refractivity contribution in [3.05, 3.63) is 60.5 Å². The average molecular weight is 614 g/mol. The summed E-state index contributed by atoms with van der Waals surface area (Å²) < 4.78 is 2.73. The van der Waals surface area contributed by atoms with E-state index in [4.69, 9.17) is 0 Å². The van der Waals surface area contributed by atoms with E-state index in [1.165, 1.54) is 25.7 Å². The molecule has 197 valence electrons. The fourth-order valence-electron chi connectivity index (χ4n) is 5.68. The minimum Gasteiger partial charge on any atom is -1.00 e. The number of hydrogen-bond acceptors (Lipinski definition) is 0. The molecule has 0 saturated carbocycles. The maximum absolute atomic E-state index is 2.61. The molecule has 0 saturated heterocycles. The van der Waals surface area contributed by atoms with Crippen LogP contribution in [0.4, 0.5) is 0 Å². The maximum atomic E-state index is 2.61. The van der Waals surface area contributed by atoms with Crippen LogP contribution in [0.5, 0.6) is 0 Å². The van der Waals surface area contributed by atoms with Crippen molar-refractivity contribution in [3.63, 3.8) is 0 Å². The predicted molar refractivity (Wildman–Crippen MR) is 151 cm³/mol. The normalized spacial score (nSPS) is 18.8. The molecule has 1 aromatic rings. The number of halogens is 2. The number of benzene rings is 1. The first-order valence-corrected chi connectivity index (χ1v) is 23.7. The zero-order chi connectivity index (χ0) is 24.9. The topological polar surface area (TPSA) is 0 Å². The maximum Gasteiger partial charge on any atom is -1.00 e. The molecule has 0 amide bonds. The van der Waals surface area contributed by atoms with E-state index in [0.717, 1.165) is 3.63 Å². The largest absolute Gasteiger partial charge is 1.00 e. The molecule has 4 heteroatoms. The first kappa shape index (κ1) is 35.1. The van der Waals surface area contributed by atoms with E-state index in [2.05, 4.69) is 100 Å². The quantitative estimate of drug-likeness (QED) is 0.311. The SMILES string of the molecule is CCCCCC.C[SiH2][Zr+2]([C]1=C(C)C(C)=CC1C)[CH]1C(C)=Cc2c(C(C)C)cc(C(C)C)cc21.[Cl-].[Cl-]. The van der Waals surface area contributed by atoms with Crippen molar-refractivity contribution in [3.8, 4) is 0 Å². The minimum atomic E-state index is -1.69. The summed E-state index contributed by atoms with van der Waals surface area (Å²) in [4.78, 5) is 0. The Morgan fingerprint density at radius 3 is 1.89 bits per heavy atom. The van der Waals surface area contributed by atoms with Crippen LogP contribution in [0.15, 0.2) is 38.2 Å². The molecule has 2 atom stereocenters. The molecule has 0 aromatic heterocycles. The molecule has 0 bridgehead atoms. The second-order valence-electron chi connectivity index (χ2n) is 11.0. The van der Waals surface area contributed by atoms with E-state index in [0.29, 0.717) is 17.8 Å². The van der Waals surface area contributed by atoms with Crippen molar-refractivity contribution in [1.82, 2.24) is 0 Å². The van der Waals surface area contributed by atoms with Gasteiger partial charge in [-0.1, -0.05) is 39.5 Å². The average Bonchev–Trinajstić information content (AvgIpc) is 3.22. The molecular formula is C31H51Cl2SiZr. The molecule has 0 aliphatic heterocycles. The van der Waals surface area contributed by atoms with Crippen LogP contribution in [0.1, 0.15) is 133 Å². The molecule has 1 aromatic carbocycles. The third kappa shape index (κ3) is 8.30. The van der Waals surface area contributed by atoms with Gasteiger partial charge in [0, 0.05) is 0 Å². The Hall–Kier alpha value is 0.120. The first-order valence-electron chi connectivity index (χ1n) is 13.7. The smallest absolute Gasteiger partial charge is 1.00 e. The van der Waals surface area contributed by atoms with Gasteiger partial charge < -0.3 is 24.8 Å². The van der Waals surface area contributed by atoms with E-state index in [9.17, 15) is 0 Å². The van der Waals surface area contributed by atoms with Gasteiger partial charge in [-0.3, -0.25) is 0 Å². The van der Waals surface area contributed by atoms with Gasteiger partial charge >= 0.3 is 177 Å². The van der Waals surface area contributed by atoms with Gasteiger partial charge in [-0.15, -0.1) is 0 Å². The van der Waals surface area contributed by atoms with Gasteiger partial charge in [-0.05, 0) is 0 Å². The second-order valence-corrected chi connectivity index (χ2v) is 26.8. The summed E-state index contributed by atoms with van der Waals surface area (Å²) in [6, 6.07) is 5.10. The van der Waals surface area contributed by atoms with E-state index < -0.39 is 20.9 Å². The Morgan fingerprint density at radius 1 is 0.914 bits per heavy atom. The van der Waals surface area contributed by atoms with Crippen LogP contribution in [0.25, 0.3) is 6.08 Å². The van der Waals surface area contributed by atoms with Gasteiger partial charge in [0.05, 0.1) is 0 Å². The number of rotatable bonds is 8. The fourth-order valence-corrected chi connectivity index (χ4v) is 26.1. The van der Waals surface area contributed by atoms with Gasteiger partial charge in [0.1, 0.15) is 0 Å². The summed E-state index contributed by atoms with van der Waals surface area (Å²) in [7, 11) is 0. The van der Waals surface area contributed by atoms with Crippen LogP contribution in [0.2, 0.25) is 6.55 Å². The van der Waals surface area contributed by atoms with Crippen molar-refractivity contribution in [2.45, 2.75) is 117 Å². The summed E-state index contributed by atoms with van der Waals surface area (Å²) in [6.07, 6.45) is 10.6. The Morgan fingerprint density at radius 2 is 1.49 bits per heavy atom. The summed E-state index contributed by atoms with van der Waals surface area (Å²) >= 11 is -1.69. The van der Waals surface area contributed by atoms with Crippen molar-refractivity contribution in [1.29, 1.82) is 0 Å². The molecule has 35 heavy (non-hydrogen) atoms. The van der Waals surface area contributed by atoms with Crippen molar-refractivity contribution < 1.29 is 45.7 Å². The summed E-state index contributed by atoms with van der Waals surface area (Å²) in [5, 5.41) is 0. The van der Waals surface area contributed by atoms with Gasteiger partial charge in [0.15, 0.2) is 0 Å². The number of fused-ring (bicyclic) bond motifs is 1. The second kappa shape index (κ2) is 16.2. The Bertz CT molecular complexity index is 907. The fraction of sp³-hybridized carbons (Fsp3) is 0.613. The standard InChI is InChI=1S/C16H21.C8H11.C6H14.CH5Si.2ClH.Zr/c1-10(2)13-8-14-6-12(5)7-16(14)15(9-13)11(3)4;1-6-4-7(2)8(3)5-6;1-3-5-6-4-2;1-2;;;/h6-11H,1-5H3;4,6H,1-3H3;3-6H2,1-2H3;2H2,1H3;2*1H;/q;;;;;;+2/p-2. The Labute approximate surface area is 240 Å². The van der Waals surface area contributed by atoms with E-state index in [1.807, 2.05) is 3.28 Å². The molecule has 2 unspecified atom stereocenters. The summed E-state index contributed by atoms with van der Waals surface area (Å²) in [5.41, 5.74) is 11.3. The summed E-state index contributed by atoms with van der Waals surface area (Å²) in [5.74, 6) is 1.90. The molecule has 0 fully saturated rings. The van der Waals surface area contributed by atoms with E-state index in [-0.39, 0.29) is 31.5 Å². The van der Waals surface area contributed by atoms with Gasteiger partial charge in [0.25, 0.3) is 0 Å². The monoisotopic (exact) mass is 611 g/mol. The van der Waals surface area contributed by atoms with Crippen LogP contribution < -0.4 is 24.8 Å². The molecular weight excluding hydrogens is 563 g/mol. The number of hydrogen-bond donors (Lipinski definition) is 0. The van der Waals surface area contributed by atoms with Crippen LogP contribution >= 0.6 is 0 Å². The summed E-state index contributed by atoms with van der Waals surface area (Å²) in [6.45, 7) is 26.1. The van der Waals surface area contributed by atoms with Crippen molar-refractivity contribution in [2.24, 2.45) is 5.92 Å². The molecule has 3 rings (SSSR count). The first-order chi connectivity index (χ1) is 15.6. The zero-order valence-electron chi connectivity index (χ0n) is 24.4. The third-order valence-corrected chi connectivity index (χ3v) is 26.1. The van der Waals surface area contributed by atoms with Gasteiger partial charge in [-0.2, -0.15) is 0 Å². The van der Waals surface area contributed by atoms with Crippen molar-refractivity contribution >= 4 is 12.7 Å². The minimum absolute atomic E-state index is 0. The molecule has 2 aliphatic carbocycles. The van der Waals surface area contributed by atoms with Crippen LogP contribution in [0.3, 0.4) is 0 Å². The molecule has 0 heterocycles. The van der Waals surface area contributed by atoms with E-state index >= 15 is 0 Å². The molecule has 0 radical (unpaired) electrons. The molecule has 0 nitrogen and oxygen atoms in total. The number of allylic oxidation sites excluding steroid dienone is 5. The van der Waals surface area contributed by atoms with Crippen molar-refractivity contribution in [2.75, 3.05) is 0 Å². The molecule has 0 N–H and O–H groups in total. The van der Waals surface area contributed by atoms with Crippen LogP contribution in [0, 0.1) is 5.92 Å². The zero-order valence-corrected chi connectivity index (χ0v) is 29.8. The Balaban J connectivity index is 0.00000129. The molecule has 0 spiro atoms. The predicted octanol–water partition coefficient (Wildman–Crippen LogP) is 3.61.